The van der Waals surface area contributed by atoms with E-state index in [1.807, 2.05) is 41.8 Å². The van der Waals surface area contributed by atoms with E-state index in [0.29, 0.717) is 12.2 Å². The molecule has 0 fully saturated rings. The van der Waals surface area contributed by atoms with Crippen LogP contribution in [-0.4, -0.2) is 34.5 Å². The number of hydrogen-bond acceptors (Lipinski definition) is 5. The fraction of sp³-hybridized carbons (Fsp3) is 0.150. The number of pyridine rings is 2. The van der Waals surface area contributed by atoms with E-state index in [-0.39, 0.29) is 11.4 Å². The Morgan fingerprint density at radius 2 is 1.86 bits per heavy atom. The van der Waals surface area contributed by atoms with Crippen molar-refractivity contribution in [1.29, 1.82) is 0 Å². The van der Waals surface area contributed by atoms with Crippen molar-refractivity contribution >= 4 is 21.2 Å². The lowest BCUT2D eigenvalue weighted by Crippen LogP contribution is -2.27. The van der Waals surface area contributed by atoms with Gasteiger partial charge in [-0.3, -0.25) is 4.98 Å². The van der Waals surface area contributed by atoms with Gasteiger partial charge in [0, 0.05) is 37.2 Å². The maximum atomic E-state index is 12.6. The molecular weight excluding hydrogens is 374 g/mol. The molecule has 4 rings (SSSR count). The molecule has 0 atom stereocenters. The fourth-order valence-corrected chi connectivity index (χ4v) is 4.17. The van der Waals surface area contributed by atoms with Crippen molar-refractivity contribution in [3.8, 4) is 11.4 Å². The Hall–Kier alpha value is -3.10. The van der Waals surface area contributed by atoms with Crippen LogP contribution >= 0.6 is 0 Å². The van der Waals surface area contributed by atoms with Gasteiger partial charge in [0.2, 0.25) is 10.0 Å². The van der Waals surface area contributed by atoms with Crippen LogP contribution in [0.15, 0.2) is 72.0 Å². The van der Waals surface area contributed by atoms with Crippen LogP contribution in [0.25, 0.3) is 22.6 Å². The van der Waals surface area contributed by atoms with E-state index in [0.717, 1.165) is 22.5 Å². The zero-order valence-electron chi connectivity index (χ0n) is 15.3. The summed E-state index contributed by atoms with van der Waals surface area (Å²) >= 11 is 0. The smallest absolute Gasteiger partial charge is 0.240 e. The number of aryl methyl sites for hydroxylation is 1. The van der Waals surface area contributed by atoms with Crippen molar-refractivity contribution in [1.82, 2.24) is 24.2 Å². The second-order valence-electron chi connectivity index (χ2n) is 6.38. The summed E-state index contributed by atoms with van der Waals surface area (Å²) in [5.74, 6) is 0.728. The molecule has 0 aliphatic heterocycles. The Morgan fingerprint density at radius 3 is 2.64 bits per heavy atom. The first-order valence-corrected chi connectivity index (χ1v) is 10.3. The molecule has 0 spiro atoms. The first-order chi connectivity index (χ1) is 13.5. The van der Waals surface area contributed by atoms with Crippen LogP contribution in [0, 0.1) is 6.92 Å². The van der Waals surface area contributed by atoms with Gasteiger partial charge in [-0.2, -0.15) is 0 Å². The standard InChI is InChI=1S/C20H19N5O2S/c1-15-4-2-5-17(14-15)28(26,27)23-12-13-25-19(16-7-10-21-11-8-16)24-18-6-3-9-22-20(18)25/h2-11,14,23H,12-13H2,1H3. The van der Waals surface area contributed by atoms with Gasteiger partial charge in [-0.05, 0) is 48.9 Å². The third-order valence-corrected chi connectivity index (χ3v) is 5.83. The summed E-state index contributed by atoms with van der Waals surface area (Å²) in [5.41, 5.74) is 3.27. The molecule has 0 saturated heterocycles. The molecule has 0 unspecified atom stereocenters. The normalized spacial score (nSPS) is 11.8. The number of fused-ring (bicyclic) bond motifs is 1. The highest BCUT2D eigenvalue weighted by atomic mass is 32.2. The van der Waals surface area contributed by atoms with Crippen molar-refractivity contribution in [3.63, 3.8) is 0 Å². The van der Waals surface area contributed by atoms with Crippen LogP contribution in [0.2, 0.25) is 0 Å². The molecule has 3 heterocycles. The van der Waals surface area contributed by atoms with Gasteiger partial charge in [-0.25, -0.2) is 23.1 Å². The maximum Gasteiger partial charge on any atom is 0.240 e. The Labute approximate surface area is 163 Å². The third kappa shape index (κ3) is 3.64. The minimum Gasteiger partial charge on any atom is -0.307 e. The molecule has 1 N–H and O–H groups in total. The van der Waals surface area contributed by atoms with Crippen LogP contribution in [0.4, 0.5) is 0 Å². The highest BCUT2D eigenvalue weighted by Gasteiger charge is 2.16. The lowest BCUT2D eigenvalue weighted by Gasteiger charge is -2.11. The third-order valence-electron chi connectivity index (χ3n) is 4.37. The predicted octanol–water partition coefficient (Wildman–Crippen LogP) is 2.78. The van der Waals surface area contributed by atoms with E-state index in [9.17, 15) is 8.42 Å². The van der Waals surface area contributed by atoms with E-state index in [1.165, 1.54) is 0 Å². The minimum absolute atomic E-state index is 0.219. The van der Waals surface area contributed by atoms with Crippen LogP contribution in [0.5, 0.6) is 0 Å². The fourth-order valence-electron chi connectivity index (χ4n) is 3.05. The van der Waals surface area contributed by atoms with Gasteiger partial charge in [0.15, 0.2) is 5.65 Å². The summed E-state index contributed by atoms with van der Waals surface area (Å²) < 4.78 is 29.7. The molecule has 0 bridgehead atoms. The quantitative estimate of drug-likeness (QED) is 0.544. The van der Waals surface area contributed by atoms with Crippen LogP contribution < -0.4 is 4.72 Å². The SMILES string of the molecule is Cc1cccc(S(=O)(=O)NCCn2c(-c3ccncc3)nc3cccnc32)c1. The van der Waals surface area contributed by atoms with Crippen molar-refractivity contribution in [3.05, 3.63) is 72.7 Å². The molecule has 0 aliphatic carbocycles. The van der Waals surface area contributed by atoms with E-state index in [1.54, 1.807) is 36.8 Å². The zero-order chi connectivity index (χ0) is 19.6. The van der Waals surface area contributed by atoms with Gasteiger partial charge in [0.25, 0.3) is 0 Å². The zero-order valence-corrected chi connectivity index (χ0v) is 16.1. The molecule has 3 aromatic heterocycles. The summed E-state index contributed by atoms with van der Waals surface area (Å²) in [6.45, 7) is 2.48. The Kier molecular flexibility index (Phi) is 4.89. The van der Waals surface area contributed by atoms with E-state index >= 15 is 0 Å². The number of nitrogens with one attached hydrogen (secondary N) is 1. The van der Waals surface area contributed by atoms with Gasteiger partial charge in [-0.1, -0.05) is 12.1 Å². The van der Waals surface area contributed by atoms with Gasteiger partial charge in [0.1, 0.15) is 11.3 Å². The molecule has 8 heteroatoms. The molecule has 1 aromatic carbocycles. The Morgan fingerprint density at radius 1 is 1.04 bits per heavy atom. The van der Waals surface area contributed by atoms with Crippen LogP contribution in [-0.2, 0) is 16.6 Å². The van der Waals surface area contributed by atoms with Gasteiger partial charge in [0.05, 0.1) is 4.90 Å². The molecule has 0 saturated carbocycles. The average Bonchev–Trinajstić information content (AvgIpc) is 3.07. The number of imidazole rings is 1. The summed E-state index contributed by atoms with van der Waals surface area (Å²) in [4.78, 5) is 13.4. The maximum absolute atomic E-state index is 12.6. The molecular formula is C20H19N5O2S. The van der Waals surface area contributed by atoms with Crippen molar-refractivity contribution < 1.29 is 8.42 Å². The van der Waals surface area contributed by atoms with Crippen molar-refractivity contribution in [2.75, 3.05) is 6.54 Å². The summed E-state index contributed by atoms with van der Waals surface area (Å²) in [6.07, 6.45) is 5.10. The Balaban J connectivity index is 1.61. The summed E-state index contributed by atoms with van der Waals surface area (Å²) in [5, 5.41) is 0. The number of nitrogens with zero attached hydrogens (tertiary/aromatic N) is 4. The molecule has 0 radical (unpaired) electrons. The topological polar surface area (TPSA) is 89.8 Å². The number of hydrogen-bond donors (Lipinski definition) is 1. The number of rotatable bonds is 6. The number of aromatic nitrogens is 4. The summed E-state index contributed by atoms with van der Waals surface area (Å²) in [6, 6.07) is 14.3. The van der Waals surface area contributed by atoms with Crippen LogP contribution in [0.3, 0.4) is 0 Å². The predicted molar refractivity (Wildman–Crippen MR) is 107 cm³/mol. The van der Waals surface area contributed by atoms with Gasteiger partial charge in [-0.15, -0.1) is 0 Å². The largest absolute Gasteiger partial charge is 0.307 e. The van der Waals surface area contributed by atoms with Crippen LogP contribution in [0.1, 0.15) is 5.56 Å². The summed E-state index contributed by atoms with van der Waals surface area (Å²) in [7, 11) is -3.58. The average molecular weight is 393 g/mol. The first-order valence-electron chi connectivity index (χ1n) is 8.82. The number of benzene rings is 1. The molecule has 0 amide bonds. The van der Waals surface area contributed by atoms with Gasteiger partial charge >= 0.3 is 0 Å². The Bertz CT molecular complexity index is 1220. The van der Waals surface area contributed by atoms with Crippen molar-refractivity contribution in [2.24, 2.45) is 0 Å². The molecule has 142 valence electrons. The molecule has 0 aliphatic rings. The molecule has 7 nitrogen and oxygen atoms in total. The van der Waals surface area contributed by atoms with Crippen molar-refractivity contribution in [2.45, 2.75) is 18.4 Å². The molecule has 28 heavy (non-hydrogen) atoms. The highest BCUT2D eigenvalue weighted by Crippen LogP contribution is 2.23. The first kappa shape index (κ1) is 18.3. The van der Waals surface area contributed by atoms with E-state index in [4.69, 9.17) is 0 Å². The van der Waals surface area contributed by atoms with E-state index in [2.05, 4.69) is 19.7 Å². The van der Waals surface area contributed by atoms with E-state index < -0.39 is 10.0 Å². The van der Waals surface area contributed by atoms with Gasteiger partial charge < -0.3 is 4.57 Å². The lowest BCUT2D eigenvalue weighted by atomic mass is 10.2. The number of sulfonamides is 1. The monoisotopic (exact) mass is 393 g/mol. The molecule has 4 aromatic rings. The lowest BCUT2D eigenvalue weighted by molar-refractivity contribution is 0.574. The minimum atomic E-state index is -3.58. The second kappa shape index (κ2) is 7.49. The highest BCUT2D eigenvalue weighted by molar-refractivity contribution is 7.89. The second-order valence-corrected chi connectivity index (χ2v) is 8.15.